The lowest BCUT2D eigenvalue weighted by Crippen LogP contribution is -2.08. The van der Waals surface area contributed by atoms with Gasteiger partial charge < -0.3 is 4.74 Å². The molecule has 2 nitrogen and oxygen atoms in total. The fourth-order valence-electron chi connectivity index (χ4n) is 2.42. The number of alkyl halides is 1. The van der Waals surface area contributed by atoms with E-state index in [-0.39, 0.29) is 5.97 Å². The lowest BCUT2D eigenvalue weighted by molar-refractivity contribution is -0.142. The zero-order chi connectivity index (χ0) is 14.4. The summed E-state index contributed by atoms with van der Waals surface area (Å²) < 4.78 is 5.06. The normalized spacial score (nSPS) is 14.7. The van der Waals surface area contributed by atoms with Gasteiger partial charge in [0, 0.05) is 10.2 Å². The molecule has 2 rings (SSSR count). The van der Waals surface area contributed by atoms with Crippen LogP contribution in [0.15, 0.2) is 29.2 Å². The number of thiophene rings is 1. The minimum Gasteiger partial charge on any atom is -0.466 e. The van der Waals surface area contributed by atoms with E-state index in [1.165, 1.54) is 16.0 Å². The summed E-state index contributed by atoms with van der Waals surface area (Å²) in [6, 6.07) is 2.05. The summed E-state index contributed by atoms with van der Waals surface area (Å²) >= 11 is 5.25. The summed E-state index contributed by atoms with van der Waals surface area (Å²) in [6.45, 7) is 2.29. The van der Waals surface area contributed by atoms with E-state index in [4.69, 9.17) is 4.74 Å². The van der Waals surface area contributed by atoms with Crippen molar-refractivity contribution >= 4 is 38.8 Å². The minimum atomic E-state index is -0.138. The van der Waals surface area contributed by atoms with Crippen molar-refractivity contribution in [2.45, 2.75) is 32.6 Å². The smallest absolute Gasteiger partial charge is 0.310 e. The highest BCUT2D eigenvalue weighted by Crippen LogP contribution is 2.36. The molecule has 0 fully saturated rings. The van der Waals surface area contributed by atoms with Gasteiger partial charge in [-0.3, -0.25) is 4.79 Å². The van der Waals surface area contributed by atoms with Crippen molar-refractivity contribution in [3.63, 3.8) is 0 Å². The molecule has 1 aromatic heterocycles. The molecule has 0 spiro atoms. The Morgan fingerprint density at radius 1 is 1.50 bits per heavy atom. The summed E-state index contributed by atoms with van der Waals surface area (Å²) in [4.78, 5) is 13.0. The maximum atomic E-state index is 11.7. The van der Waals surface area contributed by atoms with Crippen molar-refractivity contribution < 1.29 is 9.53 Å². The van der Waals surface area contributed by atoms with Crippen LogP contribution in [0.5, 0.6) is 0 Å². The number of ether oxygens (including phenoxy) is 1. The number of carbonyl (C=O) groups excluding carboxylic acids is 1. The number of rotatable bonds is 6. The van der Waals surface area contributed by atoms with Gasteiger partial charge in [-0.05, 0) is 54.3 Å². The summed E-state index contributed by atoms with van der Waals surface area (Å²) in [5.74, 6) is -0.138. The third-order valence-corrected chi connectivity index (χ3v) is 4.71. The molecule has 0 saturated heterocycles. The van der Waals surface area contributed by atoms with Crippen LogP contribution in [0.3, 0.4) is 0 Å². The number of hydrogen-bond acceptors (Lipinski definition) is 3. The molecule has 0 bridgehead atoms. The molecule has 0 saturated carbocycles. The highest BCUT2D eigenvalue weighted by Gasteiger charge is 2.17. The lowest BCUT2D eigenvalue weighted by Gasteiger charge is -2.16. The number of halogens is 1. The van der Waals surface area contributed by atoms with Crippen molar-refractivity contribution in [3.8, 4) is 0 Å². The van der Waals surface area contributed by atoms with Crippen LogP contribution < -0.4 is 0 Å². The molecule has 1 aliphatic carbocycles. The van der Waals surface area contributed by atoms with Crippen LogP contribution in [0.25, 0.3) is 5.57 Å². The van der Waals surface area contributed by atoms with Crippen LogP contribution in [0.2, 0.25) is 0 Å². The van der Waals surface area contributed by atoms with Gasteiger partial charge in [-0.1, -0.05) is 28.1 Å². The molecule has 0 unspecified atom stereocenters. The van der Waals surface area contributed by atoms with Crippen LogP contribution >= 0.6 is 27.3 Å². The molecule has 1 heterocycles. The highest BCUT2D eigenvalue weighted by atomic mass is 79.9. The number of carbonyl (C=O) groups is 1. The molecule has 0 atom stereocenters. The van der Waals surface area contributed by atoms with E-state index < -0.39 is 0 Å². The minimum absolute atomic E-state index is 0.138. The van der Waals surface area contributed by atoms with Gasteiger partial charge in [0.15, 0.2) is 0 Å². The van der Waals surface area contributed by atoms with Crippen molar-refractivity contribution in [3.05, 3.63) is 39.6 Å². The maximum absolute atomic E-state index is 11.7. The first-order valence-corrected chi connectivity index (χ1v) is 8.93. The van der Waals surface area contributed by atoms with E-state index in [9.17, 15) is 4.79 Å². The molecule has 1 aliphatic rings. The maximum Gasteiger partial charge on any atom is 0.310 e. The largest absolute Gasteiger partial charge is 0.466 e. The predicted molar refractivity (Wildman–Crippen MR) is 88.4 cm³/mol. The van der Waals surface area contributed by atoms with Crippen LogP contribution in [-0.2, 0) is 16.0 Å². The van der Waals surface area contributed by atoms with E-state index in [0.717, 1.165) is 30.2 Å². The molecule has 108 valence electrons. The summed E-state index contributed by atoms with van der Waals surface area (Å²) in [5.41, 5.74) is 3.90. The third kappa shape index (κ3) is 3.83. The van der Waals surface area contributed by atoms with Gasteiger partial charge in [0.1, 0.15) is 0 Å². The summed E-state index contributed by atoms with van der Waals surface area (Å²) in [5, 5.41) is 3.04. The molecule has 4 heteroatoms. The Kier molecular flexibility index (Phi) is 6.05. The molecule has 0 amide bonds. The van der Waals surface area contributed by atoms with Crippen molar-refractivity contribution in [2.24, 2.45) is 0 Å². The fourth-order valence-corrected chi connectivity index (χ4v) is 3.88. The first-order valence-electron chi connectivity index (χ1n) is 6.93. The van der Waals surface area contributed by atoms with Crippen molar-refractivity contribution in [2.75, 3.05) is 11.9 Å². The summed E-state index contributed by atoms with van der Waals surface area (Å²) in [7, 11) is 0. The molecule has 20 heavy (non-hydrogen) atoms. The van der Waals surface area contributed by atoms with Gasteiger partial charge in [0.25, 0.3) is 0 Å². The second-order valence-corrected chi connectivity index (χ2v) is 6.35. The highest BCUT2D eigenvalue weighted by molar-refractivity contribution is 9.09. The topological polar surface area (TPSA) is 26.3 Å². The van der Waals surface area contributed by atoms with Gasteiger partial charge in [-0.15, -0.1) is 11.3 Å². The van der Waals surface area contributed by atoms with E-state index in [1.54, 1.807) is 11.3 Å². The second kappa shape index (κ2) is 7.79. The van der Waals surface area contributed by atoms with E-state index >= 15 is 0 Å². The van der Waals surface area contributed by atoms with Crippen LogP contribution in [0.1, 0.15) is 36.6 Å². The standard InChI is InChI=1S/C16H19BrO2S/c1-2-19-15(18)11-13-8-10-20-16(13)14-6-4-3-5-12(14)7-9-17/h3,5,8,10H,2,4,6-7,9,11H2,1H3. The first kappa shape index (κ1) is 15.5. The quantitative estimate of drug-likeness (QED) is 0.544. The number of esters is 1. The summed E-state index contributed by atoms with van der Waals surface area (Å²) in [6.07, 6.45) is 8.02. The molecular formula is C16H19BrO2S. The fraction of sp³-hybridized carbons (Fsp3) is 0.438. The third-order valence-electron chi connectivity index (χ3n) is 3.29. The molecule has 0 aromatic carbocycles. The lowest BCUT2D eigenvalue weighted by atomic mass is 9.92. The van der Waals surface area contributed by atoms with Crippen molar-refractivity contribution in [1.29, 1.82) is 0 Å². The predicted octanol–water partition coefficient (Wildman–Crippen LogP) is 4.74. The van der Waals surface area contributed by atoms with Gasteiger partial charge in [-0.25, -0.2) is 0 Å². The monoisotopic (exact) mass is 354 g/mol. The van der Waals surface area contributed by atoms with Crippen LogP contribution in [0.4, 0.5) is 0 Å². The van der Waals surface area contributed by atoms with Gasteiger partial charge in [0.2, 0.25) is 0 Å². The second-order valence-electron chi connectivity index (χ2n) is 4.64. The van der Waals surface area contributed by atoms with Gasteiger partial charge >= 0.3 is 5.97 Å². The average Bonchev–Trinajstić information content (AvgIpc) is 2.88. The van der Waals surface area contributed by atoms with Crippen LogP contribution in [-0.4, -0.2) is 17.9 Å². The SMILES string of the molecule is CCOC(=O)Cc1ccsc1C1=C(CCBr)C=CCC1. The number of allylic oxidation sites excluding steroid dienone is 4. The molecule has 0 N–H and O–H groups in total. The zero-order valence-electron chi connectivity index (χ0n) is 11.7. The Morgan fingerprint density at radius 2 is 2.35 bits per heavy atom. The zero-order valence-corrected chi connectivity index (χ0v) is 14.1. The van der Waals surface area contributed by atoms with E-state index in [0.29, 0.717) is 13.0 Å². The van der Waals surface area contributed by atoms with E-state index in [1.807, 2.05) is 13.0 Å². The first-order chi connectivity index (χ1) is 9.76. The number of hydrogen-bond donors (Lipinski definition) is 0. The van der Waals surface area contributed by atoms with E-state index in [2.05, 4.69) is 33.5 Å². The van der Waals surface area contributed by atoms with Gasteiger partial charge in [-0.2, -0.15) is 0 Å². The van der Waals surface area contributed by atoms with Crippen LogP contribution in [0, 0.1) is 0 Å². The van der Waals surface area contributed by atoms with Crippen molar-refractivity contribution in [1.82, 2.24) is 0 Å². The Balaban J connectivity index is 2.26. The molecule has 1 aromatic rings. The molecule has 0 aliphatic heterocycles. The Morgan fingerprint density at radius 3 is 3.10 bits per heavy atom. The molecular weight excluding hydrogens is 336 g/mol. The Hall–Kier alpha value is -0.870. The molecule has 0 radical (unpaired) electrons. The average molecular weight is 355 g/mol. The Bertz CT molecular complexity index is 528. The van der Waals surface area contributed by atoms with Gasteiger partial charge in [0.05, 0.1) is 13.0 Å². The Labute approximate surface area is 132 Å².